The molecule has 1 unspecified atom stereocenters. The largest absolute Gasteiger partial charge is 0.313 e. The third-order valence-electron chi connectivity index (χ3n) is 1.89. The molecule has 0 aromatic rings. The maximum absolute atomic E-state index is 3.41. The van der Waals surface area contributed by atoms with Gasteiger partial charge < -0.3 is 5.32 Å². The second-order valence-corrected chi connectivity index (χ2v) is 3.16. The highest BCUT2D eigenvalue weighted by Crippen LogP contribution is 1.98. The fourth-order valence-corrected chi connectivity index (χ4v) is 0.723. The van der Waals surface area contributed by atoms with Crippen molar-refractivity contribution < 1.29 is 0 Å². The molecule has 64 valence electrons. The summed E-state index contributed by atoms with van der Waals surface area (Å²) in [5.74, 6) is 6.62. The molecule has 1 N–H and O–H groups in total. The van der Waals surface area contributed by atoms with E-state index in [-0.39, 0.29) is 0 Å². The van der Waals surface area contributed by atoms with E-state index in [0.717, 1.165) is 13.0 Å². The molecule has 1 atom stereocenters. The molecule has 0 rings (SSSR count). The third-order valence-corrected chi connectivity index (χ3v) is 1.89. The van der Waals surface area contributed by atoms with Crippen molar-refractivity contribution >= 4 is 0 Å². The first-order chi connectivity index (χ1) is 5.18. The van der Waals surface area contributed by atoms with Crippen LogP contribution in [0, 0.1) is 17.8 Å². The zero-order valence-corrected chi connectivity index (χ0v) is 8.07. The number of hydrogen-bond donors (Lipinski definition) is 1. The summed E-state index contributed by atoms with van der Waals surface area (Å²) < 4.78 is 0. The van der Waals surface area contributed by atoms with Crippen molar-refractivity contribution in [2.45, 2.75) is 40.2 Å². The average molecular weight is 153 g/mol. The monoisotopic (exact) mass is 153 g/mol. The second-order valence-electron chi connectivity index (χ2n) is 3.16. The minimum Gasteiger partial charge on any atom is -0.313 e. The van der Waals surface area contributed by atoms with Gasteiger partial charge in [-0.2, -0.15) is 0 Å². The van der Waals surface area contributed by atoms with Crippen LogP contribution in [0.3, 0.4) is 0 Å². The van der Waals surface area contributed by atoms with Gasteiger partial charge >= 0.3 is 0 Å². The Balaban J connectivity index is 3.29. The van der Waals surface area contributed by atoms with Gasteiger partial charge in [-0.05, 0) is 19.8 Å². The van der Waals surface area contributed by atoms with Crippen LogP contribution in [-0.2, 0) is 0 Å². The fraction of sp³-hybridized carbons (Fsp3) is 0.800. The van der Waals surface area contributed by atoms with Crippen LogP contribution in [0.5, 0.6) is 0 Å². The van der Waals surface area contributed by atoms with Crippen LogP contribution in [0.1, 0.15) is 34.1 Å². The standard InChI is InChI=1S/C10H19N/c1-5-6-7-8-11-10(4)9(2)3/h9-11H,7-8H2,1-4H3. The number of nitrogens with one attached hydrogen (secondary N) is 1. The van der Waals surface area contributed by atoms with E-state index in [2.05, 4.69) is 37.9 Å². The van der Waals surface area contributed by atoms with Gasteiger partial charge in [-0.3, -0.25) is 0 Å². The Bertz CT molecular complexity index is 139. The van der Waals surface area contributed by atoms with Crippen LogP contribution in [0.2, 0.25) is 0 Å². The van der Waals surface area contributed by atoms with Crippen molar-refractivity contribution in [3.05, 3.63) is 0 Å². The van der Waals surface area contributed by atoms with E-state index in [0.29, 0.717) is 12.0 Å². The molecule has 0 saturated heterocycles. The van der Waals surface area contributed by atoms with E-state index < -0.39 is 0 Å². The van der Waals surface area contributed by atoms with E-state index in [1.165, 1.54) is 0 Å². The lowest BCUT2D eigenvalue weighted by Crippen LogP contribution is -2.31. The van der Waals surface area contributed by atoms with Crippen molar-refractivity contribution in [2.75, 3.05) is 6.54 Å². The first kappa shape index (κ1) is 10.5. The molecule has 1 heteroatoms. The Hall–Kier alpha value is -0.480. The highest BCUT2D eigenvalue weighted by molar-refractivity contribution is 4.95. The predicted octanol–water partition coefficient (Wildman–Crippen LogP) is 2.03. The average Bonchev–Trinajstić information content (AvgIpc) is 1.97. The maximum atomic E-state index is 3.41. The Kier molecular flexibility index (Phi) is 5.97. The first-order valence-electron chi connectivity index (χ1n) is 4.31. The molecule has 0 aromatic heterocycles. The molecule has 0 amide bonds. The SMILES string of the molecule is CC#CCCNC(C)C(C)C. The number of hydrogen-bond acceptors (Lipinski definition) is 1. The van der Waals surface area contributed by atoms with Crippen LogP contribution < -0.4 is 5.32 Å². The lowest BCUT2D eigenvalue weighted by molar-refractivity contribution is 0.432. The zero-order valence-electron chi connectivity index (χ0n) is 8.07. The molecular formula is C10H19N. The summed E-state index contributed by atoms with van der Waals surface area (Å²) in [5.41, 5.74) is 0. The van der Waals surface area contributed by atoms with Crippen molar-refractivity contribution in [3.8, 4) is 11.8 Å². The Morgan fingerprint density at radius 2 is 1.91 bits per heavy atom. The van der Waals surface area contributed by atoms with Gasteiger partial charge in [0.1, 0.15) is 0 Å². The fourth-order valence-electron chi connectivity index (χ4n) is 0.723. The van der Waals surface area contributed by atoms with Gasteiger partial charge in [0, 0.05) is 19.0 Å². The molecule has 0 aliphatic carbocycles. The smallest absolute Gasteiger partial charge is 0.0214 e. The Morgan fingerprint density at radius 3 is 2.36 bits per heavy atom. The lowest BCUT2D eigenvalue weighted by Gasteiger charge is -2.16. The molecule has 0 saturated carbocycles. The molecule has 0 aliphatic rings. The summed E-state index contributed by atoms with van der Waals surface area (Å²) in [6.45, 7) is 9.56. The topological polar surface area (TPSA) is 12.0 Å². The molecule has 0 fully saturated rings. The van der Waals surface area contributed by atoms with Gasteiger partial charge in [-0.25, -0.2) is 0 Å². The molecule has 0 spiro atoms. The van der Waals surface area contributed by atoms with E-state index in [1.807, 2.05) is 6.92 Å². The highest BCUT2D eigenvalue weighted by atomic mass is 14.9. The van der Waals surface area contributed by atoms with Crippen LogP contribution in [0.15, 0.2) is 0 Å². The third kappa shape index (κ3) is 5.94. The lowest BCUT2D eigenvalue weighted by atomic mass is 10.1. The molecule has 0 heterocycles. The number of rotatable bonds is 4. The van der Waals surface area contributed by atoms with Gasteiger partial charge in [0.05, 0.1) is 0 Å². The van der Waals surface area contributed by atoms with E-state index in [1.54, 1.807) is 0 Å². The van der Waals surface area contributed by atoms with Crippen LogP contribution in [-0.4, -0.2) is 12.6 Å². The molecule has 0 radical (unpaired) electrons. The molecule has 0 aromatic carbocycles. The Morgan fingerprint density at radius 1 is 1.27 bits per heavy atom. The van der Waals surface area contributed by atoms with E-state index >= 15 is 0 Å². The van der Waals surface area contributed by atoms with Gasteiger partial charge in [-0.1, -0.05) is 13.8 Å². The van der Waals surface area contributed by atoms with Gasteiger partial charge in [0.25, 0.3) is 0 Å². The molecule has 1 nitrogen and oxygen atoms in total. The zero-order chi connectivity index (χ0) is 8.69. The summed E-state index contributed by atoms with van der Waals surface area (Å²) in [6, 6.07) is 0.605. The molecular weight excluding hydrogens is 134 g/mol. The van der Waals surface area contributed by atoms with Crippen molar-refractivity contribution in [3.63, 3.8) is 0 Å². The quantitative estimate of drug-likeness (QED) is 0.481. The maximum Gasteiger partial charge on any atom is 0.0214 e. The Labute approximate surface area is 70.6 Å². The van der Waals surface area contributed by atoms with Gasteiger partial charge in [0.15, 0.2) is 0 Å². The summed E-state index contributed by atoms with van der Waals surface area (Å²) in [6.07, 6.45) is 0.966. The minimum atomic E-state index is 0.605. The normalized spacial score (nSPS) is 12.5. The molecule has 0 bridgehead atoms. The van der Waals surface area contributed by atoms with Gasteiger partial charge in [0.2, 0.25) is 0 Å². The van der Waals surface area contributed by atoms with E-state index in [4.69, 9.17) is 0 Å². The predicted molar refractivity (Wildman–Crippen MR) is 50.4 cm³/mol. The van der Waals surface area contributed by atoms with Crippen LogP contribution >= 0.6 is 0 Å². The van der Waals surface area contributed by atoms with Crippen LogP contribution in [0.4, 0.5) is 0 Å². The van der Waals surface area contributed by atoms with Gasteiger partial charge in [-0.15, -0.1) is 11.8 Å². The van der Waals surface area contributed by atoms with Crippen molar-refractivity contribution in [1.29, 1.82) is 0 Å². The second kappa shape index (κ2) is 6.24. The summed E-state index contributed by atoms with van der Waals surface area (Å²) in [7, 11) is 0. The summed E-state index contributed by atoms with van der Waals surface area (Å²) >= 11 is 0. The highest BCUT2D eigenvalue weighted by Gasteiger charge is 2.03. The summed E-state index contributed by atoms with van der Waals surface area (Å²) in [4.78, 5) is 0. The van der Waals surface area contributed by atoms with Crippen molar-refractivity contribution in [2.24, 2.45) is 5.92 Å². The summed E-state index contributed by atoms with van der Waals surface area (Å²) in [5, 5.41) is 3.41. The molecule has 11 heavy (non-hydrogen) atoms. The first-order valence-corrected chi connectivity index (χ1v) is 4.31. The molecule has 0 aliphatic heterocycles. The minimum absolute atomic E-state index is 0.605. The van der Waals surface area contributed by atoms with Crippen molar-refractivity contribution in [1.82, 2.24) is 5.32 Å². The van der Waals surface area contributed by atoms with E-state index in [9.17, 15) is 0 Å². The van der Waals surface area contributed by atoms with Crippen LogP contribution in [0.25, 0.3) is 0 Å².